The van der Waals surface area contributed by atoms with Crippen molar-refractivity contribution in [2.24, 2.45) is 0 Å². The third kappa shape index (κ3) is 4.30. The molecule has 1 amide bonds. The maximum atomic E-state index is 14.1. The Hall–Kier alpha value is -3.60. The van der Waals surface area contributed by atoms with Crippen LogP contribution in [0.3, 0.4) is 0 Å². The second kappa shape index (κ2) is 9.34. The first kappa shape index (κ1) is 23.6. The summed E-state index contributed by atoms with van der Waals surface area (Å²) in [6.07, 6.45) is 0. The van der Waals surface area contributed by atoms with E-state index in [2.05, 4.69) is 45.1 Å². The van der Waals surface area contributed by atoms with Crippen LogP contribution >= 0.6 is 0 Å². The Kier molecular flexibility index (Phi) is 6.47. The van der Waals surface area contributed by atoms with E-state index in [0.29, 0.717) is 5.56 Å². The molecule has 5 nitrogen and oxygen atoms in total. The van der Waals surface area contributed by atoms with Crippen molar-refractivity contribution < 1.29 is 19.4 Å². The Morgan fingerprint density at radius 1 is 0.941 bits per heavy atom. The number of amides is 1. The number of hydrogen-bond acceptors (Lipinski definition) is 3. The van der Waals surface area contributed by atoms with Gasteiger partial charge >= 0.3 is 5.97 Å². The number of anilines is 1. The highest BCUT2D eigenvalue weighted by molar-refractivity contribution is 6.01. The second-order valence-electron chi connectivity index (χ2n) is 9.57. The number of ether oxygens (including phenoxy) is 1. The Bertz CT molecular complexity index is 1230. The van der Waals surface area contributed by atoms with Crippen LogP contribution in [-0.4, -0.2) is 17.0 Å². The number of hydrogen-bond donors (Lipinski definition) is 2. The zero-order chi connectivity index (χ0) is 24.6. The molecule has 0 bridgehead atoms. The van der Waals surface area contributed by atoms with Crippen molar-refractivity contribution in [2.45, 2.75) is 59.0 Å². The summed E-state index contributed by atoms with van der Waals surface area (Å²) in [5.74, 6) is -1.25. The minimum absolute atomic E-state index is 0.0751. The molecule has 1 heterocycles. The van der Waals surface area contributed by atoms with Gasteiger partial charge in [-0.15, -0.1) is 0 Å². The van der Waals surface area contributed by atoms with Gasteiger partial charge in [-0.25, -0.2) is 4.79 Å². The number of carboxylic acids is 1. The number of para-hydroxylation sites is 1. The average molecular weight is 458 g/mol. The molecule has 0 radical (unpaired) electrons. The summed E-state index contributed by atoms with van der Waals surface area (Å²) in [5, 5.41) is 13.1. The van der Waals surface area contributed by atoms with Gasteiger partial charge in [0, 0.05) is 11.3 Å². The molecule has 0 spiro atoms. The summed E-state index contributed by atoms with van der Waals surface area (Å²) >= 11 is 0. The number of aryl methyl sites for hydroxylation is 1. The molecule has 2 N–H and O–H groups in total. The lowest BCUT2D eigenvalue weighted by molar-refractivity contribution is -0.116. The molecule has 34 heavy (non-hydrogen) atoms. The molecule has 1 aliphatic rings. The number of carboxylic acid groups (broad SMARTS) is 1. The van der Waals surface area contributed by atoms with Crippen LogP contribution in [0.4, 0.5) is 5.69 Å². The Balaban J connectivity index is 1.91. The van der Waals surface area contributed by atoms with Gasteiger partial charge in [-0.1, -0.05) is 76.2 Å². The van der Waals surface area contributed by atoms with Crippen molar-refractivity contribution in [2.75, 3.05) is 5.32 Å². The lowest BCUT2D eigenvalue weighted by Gasteiger charge is -2.24. The number of aromatic carboxylic acids is 1. The van der Waals surface area contributed by atoms with E-state index in [1.165, 1.54) is 0 Å². The van der Waals surface area contributed by atoms with Gasteiger partial charge < -0.3 is 15.2 Å². The molecule has 3 aromatic rings. The van der Waals surface area contributed by atoms with E-state index in [0.717, 1.165) is 33.5 Å². The molecule has 4 rings (SSSR count). The van der Waals surface area contributed by atoms with Crippen LogP contribution in [0, 0.1) is 6.92 Å². The highest BCUT2D eigenvalue weighted by atomic mass is 16.5. The predicted molar refractivity (Wildman–Crippen MR) is 134 cm³/mol. The Labute approximate surface area is 200 Å². The van der Waals surface area contributed by atoms with Crippen molar-refractivity contribution in [3.8, 4) is 5.75 Å². The molecule has 0 aromatic heterocycles. The Morgan fingerprint density at radius 2 is 1.59 bits per heavy atom. The standard InChI is InChI=1S/C29H31NO4/c1-16(2)20-11-8-12-21(17(3)4)26(20)30-28(31)25-22-10-7-6-9-19(22)15-34-27-23(25)13-18(5)14-24(27)29(32)33/h6-14,16-17,25H,15H2,1-5H3,(H,30,31)(H,32,33). The van der Waals surface area contributed by atoms with Crippen LogP contribution in [0.1, 0.15) is 89.2 Å². The van der Waals surface area contributed by atoms with Crippen LogP contribution in [0.2, 0.25) is 0 Å². The molecule has 176 valence electrons. The number of nitrogens with one attached hydrogen (secondary N) is 1. The normalized spacial score (nSPS) is 14.7. The lowest BCUT2D eigenvalue weighted by atomic mass is 9.85. The quantitative estimate of drug-likeness (QED) is 0.452. The minimum Gasteiger partial charge on any atom is -0.488 e. The van der Waals surface area contributed by atoms with Crippen LogP contribution in [0.5, 0.6) is 5.75 Å². The molecule has 1 atom stereocenters. The third-order valence-electron chi connectivity index (χ3n) is 6.42. The highest BCUT2D eigenvalue weighted by Gasteiger charge is 2.34. The number of rotatable bonds is 5. The molecule has 0 aliphatic carbocycles. The van der Waals surface area contributed by atoms with E-state index in [4.69, 9.17) is 4.74 Å². The van der Waals surface area contributed by atoms with Crippen LogP contribution < -0.4 is 10.1 Å². The topological polar surface area (TPSA) is 75.6 Å². The lowest BCUT2D eigenvalue weighted by Crippen LogP contribution is -2.24. The van der Waals surface area contributed by atoms with E-state index in [9.17, 15) is 14.7 Å². The largest absolute Gasteiger partial charge is 0.488 e. The monoisotopic (exact) mass is 457 g/mol. The average Bonchev–Trinajstić information content (AvgIpc) is 2.94. The molecule has 0 saturated heterocycles. The molecule has 0 fully saturated rings. The first-order valence-electron chi connectivity index (χ1n) is 11.7. The van der Waals surface area contributed by atoms with E-state index in [1.54, 1.807) is 6.07 Å². The van der Waals surface area contributed by atoms with Gasteiger partial charge in [0.05, 0.1) is 5.92 Å². The van der Waals surface area contributed by atoms with Gasteiger partial charge in [-0.05, 0) is 52.6 Å². The van der Waals surface area contributed by atoms with Gasteiger partial charge in [0.25, 0.3) is 0 Å². The van der Waals surface area contributed by atoms with E-state index in [1.807, 2.05) is 43.3 Å². The second-order valence-corrected chi connectivity index (χ2v) is 9.57. The van der Waals surface area contributed by atoms with Crippen LogP contribution in [0.25, 0.3) is 0 Å². The van der Waals surface area contributed by atoms with Gasteiger partial charge in [0.1, 0.15) is 17.9 Å². The summed E-state index contributed by atoms with van der Waals surface area (Å²) in [6, 6.07) is 17.3. The summed E-state index contributed by atoms with van der Waals surface area (Å²) in [7, 11) is 0. The highest BCUT2D eigenvalue weighted by Crippen LogP contribution is 2.42. The van der Waals surface area contributed by atoms with Crippen molar-refractivity contribution in [3.63, 3.8) is 0 Å². The minimum atomic E-state index is -1.07. The van der Waals surface area contributed by atoms with Crippen LogP contribution in [-0.2, 0) is 11.4 Å². The van der Waals surface area contributed by atoms with Crippen LogP contribution in [0.15, 0.2) is 54.6 Å². The molecule has 3 aromatic carbocycles. The van der Waals surface area contributed by atoms with Gasteiger partial charge in [0.2, 0.25) is 5.91 Å². The van der Waals surface area contributed by atoms with E-state index < -0.39 is 11.9 Å². The first-order chi connectivity index (χ1) is 16.2. The summed E-state index contributed by atoms with van der Waals surface area (Å²) < 4.78 is 6.02. The van der Waals surface area contributed by atoms with E-state index in [-0.39, 0.29) is 35.7 Å². The summed E-state index contributed by atoms with van der Waals surface area (Å²) in [6.45, 7) is 10.5. The van der Waals surface area contributed by atoms with Gasteiger partial charge in [-0.3, -0.25) is 4.79 Å². The molecular weight excluding hydrogens is 426 g/mol. The third-order valence-corrected chi connectivity index (χ3v) is 6.42. The van der Waals surface area contributed by atoms with Gasteiger partial charge in [-0.2, -0.15) is 0 Å². The molecule has 1 aliphatic heterocycles. The molecule has 5 heteroatoms. The number of fused-ring (bicyclic) bond motifs is 2. The number of carbonyl (C=O) groups is 2. The summed E-state index contributed by atoms with van der Waals surface area (Å²) in [5.41, 5.74) is 6.11. The fraction of sp³-hybridized carbons (Fsp3) is 0.310. The smallest absolute Gasteiger partial charge is 0.339 e. The first-order valence-corrected chi connectivity index (χ1v) is 11.7. The maximum Gasteiger partial charge on any atom is 0.339 e. The SMILES string of the molecule is Cc1cc(C(=O)O)c2c(c1)C(C(=O)Nc1c(C(C)C)cccc1C(C)C)c1ccccc1CO2. The fourth-order valence-corrected chi connectivity index (χ4v) is 4.77. The maximum absolute atomic E-state index is 14.1. The van der Waals surface area contributed by atoms with Crippen molar-refractivity contribution in [1.29, 1.82) is 0 Å². The predicted octanol–water partition coefficient (Wildman–Crippen LogP) is 6.60. The zero-order valence-corrected chi connectivity index (χ0v) is 20.3. The van der Waals surface area contributed by atoms with Crippen molar-refractivity contribution in [1.82, 2.24) is 0 Å². The molecule has 1 unspecified atom stereocenters. The van der Waals surface area contributed by atoms with E-state index >= 15 is 0 Å². The number of carbonyl (C=O) groups excluding carboxylic acids is 1. The van der Waals surface area contributed by atoms with Crippen molar-refractivity contribution >= 4 is 17.6 Å². The van der Waals surface area contributed by atoms with Gasteiger partial charge in [0.15, 0.2) is 0 Å². The number of benzene rings is 3. The molecule has 0 saturated carbocycles. The fourth-order valence-electron chi connectivity index (χ4n) is 4.77. The summed E-state index contributed by atoms with van der Waals surface area (Å²) in [4.78, 5) is 26.1. The Morgan fingerprint density at radius 3 is 2.21 bits per heavy atom. The van der Waals surface area contributed by atoms with Crippen molar-refractivity contribution in [3.05, 3.63) is 93.5 Å². The zero-order valence-electron chi connectivity index (χ0n) is 20.3. The molecular formula is C29H31NO4.